The summed E-state index contributed by atoms with van der Waals surface area (Å²) in [7, 11) is 0. The molecule has 10 heteroatoms. The summed E-state index contributed by atoms with van der Waals surface area (Å²) in [5.74, 6) is -1.67. The summed E-state index contributed by atoms with van der Waals surface area (Å²) in [6.07, 6.45) is 8.15. The fourth-order valence-electron chi connectivity index (χ4n) is 4.65. The van der Waals surface area contributed by atoms with Crippen molar-refractivity contribution in [1.29, 1.82) is 0 Å². The SMILES string of the molecule is CCc1ncc(-c2nc3ccc(N4CCCC(F)(F)C4)cn3n2)c2cc(NC(=O)C3CC3)ncc12. The van der Waals surface area contributed by atoms with Crippen molar-refractivity contribution in [3.63, 3.8) is 0 Å². The van der Waals surface area contributed by atoms with Crippen molar-refractivity contribution in [2.45, 2.75) is 45.0 Å². The summed E-state index contributed by atoms with van der Waals surface area (Å²) in [5.41, 5.74) is 2.91. The van der Waals surface area contributed by atoms with Crippen molar-refractivity contribution in [2.24, 2.45) is 5.92 Å². The lowest BCUT2D eigenvalue weighted by Crippen LogP contribution is -2.42. The molecule has 2 fully saturated rings. The van der Waals surface area contributed by atoms with Crippen LogP contribution in [0, 0.1) is 5.92 Å². The van der Waals surface area contributed by atoms with Gasteiger partial charge in [0.25, 0.3) is 5.92 Å². The van der Waals surface area contributed by atoms with E-state index >= 15 is 0 Å². The second-order valence-electron chi connectivity index (χ2n) is 9.36. The topological polar surface area (TPSA) is 88.3 Å². The predicted octanol–water partition coefficient (Wildman–Crippen LogP) is 4.49. The first-order valence-electron chi connectivity index (χ1n) is 12.0. The molecule has 35 heavy (non-hydrogen) atoms. The number of amides is 1. The Hall–Kier alpha value is -3.69. The minimum absolute atomic E-state index is 0.00940. The molecule has 5 heterocycles. The standard InChI is InChI=1S/C25H25F2N7O/c1-2-20-18-11-29-21(30-24(35)15-4-5-15)10-17(18)19(12-28-20)23-31-22-7-6-16(13-34(22)32-23)33-9-3-8-25(26,27)14-33/h6-7,10-13,15H,2-5,8-9,14H2,1H3,(H,29,30,35). The maximum absolute atomic E-state index is 13.9. The van der Waals surface area contributed by atoms with Gasteiger partial charge in [0.15, 0.2) is 11.5 Å². The van der Waals surface area contributed by atoms with Crippen LogP contribution in [0.15, 0.2) is 36.8 Å². The molecule has 4 aromatic rings. The average molecular weight is 478 g/mol. The molecule has 0 bridgehead atoms. The monoisotopic (exact) mass is 477 g/mol. The highest BCUT2D eigenvalue weighted by Gasteiger charge is 2.35. The maximum Gasteiger partial charge on any atom is 0.265 e. The number of carbonyl (C=O) groups excluding carboxylic acids is 1. The number of anilines is 2. The Morgan fingerprint density at radius 1 is 1.20 bits per heavy atom. The molecule has 0 spiro atoms. The lowest BCUT2D eigenvalue weighted by atomic mass is 10.1. The van der Waals surface area contributed by atoms with Gasteiger partial charge in [-0.15, -0.1) is 5.10 Å². The molecule has 2 aliphatic rings. The van der Waals surface area contributed by atoms with Crippen molar-refractivity contribution in [1.82, 2.24) is 24.6 Å². The number of piperidine rings is 1. The molecule has 6 rings (SSSR count). The van der Waals surface area contributed by atoms with Gasteiger partial charge in [0.1, 0.15) is 5.82 Å². The normalized spacial score (nSPS) is 17.7. The van der Waals surface area contributed by atoms with Gasteiger partial charge in [-0.2, -0.15) is 0 Å². The Morgan fingerprint density at radius 3 is 2.83 bits per heavy atom. The van der Waals surface area contributed by atoms with Gasteiger partial charge in [-0.3, -0.25) is 9.78 Å². The Kier molecular flexibility index (Phi) is 5.12. The number of hydrogen-bond donors (Lipinski definition) is 1. The first-order chi connectivity index (χ1) is 16.9. The van der Waals surface area contributed by atoms with Gasteiger partial charge < -0.3 is 10.2 Å². The Labute approximate surface area is 200 Å². The summed E-state index contributed by atoms with van der Waals surface area (Å²) < 4.78 is 29.5. The lowest BCUT2D eigenvalue weighted by molar-refractivity contribution is -0.117. The molecule has 1 N–H and O–H groups in total. The number of pyridine rings is 3. The van der Waals surface area contributed by atoms with Gasteiger partial charge >= 0.3 is 0 Å². The van der Waals surface area contributed by atoms with E-state index in [1.165, 1.54) is 0 Å². The predicted molar refractivity (Wildman–Crippen MR) is 129 cm³/mol. The van der Waals surface area contributed by atoms with Gasteiger partial charge in [0.2, 0.25) is 5.91 Å². The van der Waals surface area contributed by atoms with Crippen LogP contribution in [0.25, 0.3) is 27.8 Å². The summed E-state index contributed by atoms with van der Waals surface area (Å²) >= 11 is 0. The van der Waals surface area contributed by atoms with Gasteiger partial charge in [-0.05, 0) is 43.9 Å². The van der Waals surface area contributed by atoms with Crippen molar-refractivity contribution < 1.29 is 13.6 Å². The van der Waals surface area contributed by atoms with E-state index in [0.717, 1.165) is 41.3 Å². The molecule has 0 radical (unpaired) electrons. The van der Waals surface area contributed by atoms with Crippen molar-refractivity contribution in [2.75, 3.05) is 23.3 Å². The molecule has 1 amide bonds. The molecular formula is C25H25F2N7O. The molecule has 1 aliphatic heterocycles. The largest absolute Gasteiger partial charge is 0.364 e. The molecule has 0 unspecified atom stereocenters. The van der Waals surface area contributed by atoms with Gasteiger partial charge in [0.05, 0.1) is 18.4 Å². The lowest BCUT2D eigenvalue weighted by Gasteiger charge is -2.33. The van der Waals surface area contributed by atoms with E-state index in [-0.39, 0.29) is 24.8 Å². The number of halogens is 2. The van der Waals surface area contributed by atoms with Crippen LogP contribution >= 0.6 is 0 Å². The highest BCUT2D eigenvalue weighted by molar-refractivity contribution is 6.00. The quantitative estimate of drug-likeness (QED) is 0.456. The Morgan fingerprint density at radius 2 is 2.06 bits per heavy atom. The van der Waals surface area contributed by atoms with Crippen LogP contribution < -0.4 is 10.2 Å². The molecule has 1 saturated heterocycles. The molecule has 0 atom stereocenters. The number of hydrogen-bond acceptors (Lipinski definition) is 6. The van der Waals surface area contributed by atoms with Crippen LogP contribution in [0.1, 0.15) is 38.3 Å². The molecular weight excluding hydrogens is 452 g/mol. The zero-order valence-electron chi connectivity index (χ0n) is 19.3. The highest BCUT2D eigenvalue weighted by Crippen LogP contribution is 2.33. The molecule has 8 nitrogen and oxygen atoms in total. The van der Waals surface area contributed by atoms with Gasteiger partial charge in [-0.25, -0.2) is 23.3 Å². The minimum atomic E-state index is -2.69. The molecule has 0 aromatic carbocycles. The van der Waals surface area contributed by atoms with Crippen LogP contribution in [0.4, 0.5) is 20.3 Å². The van der Waals surface area contributed by atoms with Crippen molar-refractivity contribution in [3.8, 4) is 11.4 Å². The van der Waals surface area contributed by atoms with E-state index in [4.69, 9.17) is 0 Å². The number of nitrogens with one attached hydrogen (secondary N) is 1. The number of nitrogens with zero attached hydrogens (tertiary/aromatic N) is 6. The second kappa shape index (κ2) is 8.21. The molecule has 1 aliphatic carbocycles. The van der Waals surface area contributed by atoms with Gasteiger partial charge in [-0.1, -0.05) is 6.92 Å². The van der Waals surface area contributed by atoms with Gasteiger partial charge in [0, 0.05) is 53.3 Å². The average Bonchev–Trinajstić information content (AvgIpc) is 3.61. The summed E-state index contributed by atoms with van der Waals surface area (Å²) in [5, 5.41) is 9.29. The zero-order chi connectivity index (χ0) is 24.2. The number of rotatable bonds is 5. The second-order valence-corrected chi connectivity index (χ2v) is 9.36. The molecule has 4 aromatic heterocycles. The number of carbonyl (C=O) groups is 1. The minimum Gasteiger partial charge on any atom is -0.364 e. The van der Waals surface area contributed by atoms with E-state index < -0.39 is 5.92 Å². The highest BCUT2D eigenvalue weighted by atomic mass is 19.3. The van der Waals surface area contributed by atoms with Crippen LogP contribution in [0.5, 0.6) is 0 Å². The van der Waals surface area contributed by atoms with Crippen molar-refractivity contribution >= 4 is 33.8 Å². The third-order valence-electron chi connectivity index (χ3n) is 6.70. The van der Waals surface area contributed by atoms with E-state index in [1.54, 1.807) is 40.1 Å². The molecule has 1 saturated carbocycles. The van der Waals surface area contributed by atoms with Crippen LogP contribution in [-0.2, 0) is 11.2 Å². The molecule has 180 valence electrons. The third kappa shape index (κ3) is 4.17. The fourth-order valence-corrected chi connectivity index (χ4v) is 4.65. The van der Waals surface area contributed by atoms with Crippen LogP contribution in [0.3, 0.4) is 0 Å². The van der Waals surface area contributed by atoms with E-state index in [1.807, 2.05) is 13.0 Å². The van der Waals surface area contributed by atoms with Crippen LogP contribution in [0.2, 0.25) is 0 Å². The number of alkyl halides is 2. The smallest absolute Gasteiger partial charge is 0.265 e. The number of aromatic nitrogens is 5. The first-order valence-corrected chi connectivity index (χ1v) is 12.0. The van der Waals surface area contributed by atoms with E-state index in [9.17, 15) is 13.6 Å². The number of aryl methyl sites for hydroxylation is 1. The summed E-state index contributed by atoms with van der Waals surface area (Å²) in [6, 6.07) is 5.44. The third-order valence-corrected chi connectivity index (χ3v) is 6.70. The maximum atomic E-state index is 13.9. The Balaban J connectivity index is 1.39. The Bertz CT molecular complexity index is 1450. The zero-order valence-corrected chi connectivity index (χ0v) is 19.3. The van der Waals surface area contributed by atoms with Crippen LogP contribution in [-0.4, -0.2) is 49.5 Å². The van der Waals surface area contributed by atoms with Crippen molar-refractivity contribution in [3.05, 3.63) is 42.5 Å². The fraction of sp³-hybridized carbons (Fsp3) is 0.400. The summed E-state index contributed by atoms with van der Waals surface area (Å²) in [4.78, 5) is 27.7. The summed E-state index contributed by atoms with van der Waals surface area (Å²) in [6.45, 7) is 2.31. The number of fused-ring (bicyclic) bond motifs is 2. The first kappa shape index (κ1) is 21.8. The van der Waals surface area contributed by atoms with E-state index in [0.29, 0.717) is 35.9 Å². The van der Waals surface area contributed by atoms with E-state index in [2.05, 4.69) is 25.4 Å².